The molecule has 0 saturated heterocycles. The molecule has 0 N–H and O–H groups in total. The van der Waals surface area contributed by atoms with Crippen LogP contribution in [0.5, 0.6) is 17.2 Å². The lowest BCUT2D eigenvalue weighted by Gasteiger charge is -2.13. The van der Waals surface area contributed by atoms with Crippen molar-refractivity contribution < 1.29 is 14.2 Å². The van der Waals surface area contributed by atoms with Crippen LogP contribution in [0.15, 0.2) is 46.3 Å². The lowest BCUT2D eigenvalue weighted by molar-refractivity contribution is 0.324. The van der Waals surface area contributed by atoms with E-state index in [1.165, 1.54) is 11.3 Å². The summed E-state index contributed by atoms with van der Waals surface area (Å²) in [7, 11) is 4.67. The molecule has 0 unspecified atom stereocenters. The summed E-state index contributed by atoms with van der Waals surface area (Å²) in [5, 5.41) is 12.3. The fraction of sp³-hybridized carbons (Fsp3) is 0.143. The number of hydrogen-bond donors (Lipinski definition) is 0. The van der Waals surface area contributed by atoms with E-state index in [2.05, 4.69) is 27.0 Å². The van der Waals surface area contributed by atoms with Crippen molar-refractivity contribution in [3.63, 3.8) is 0 Å². The van der Waals surface area contributed by atoms with Gasteiger partial charge in [0.25, 0.3) is 0 Å². The molecule has 2 aromatic carbocycles. The van der Waals surface area contributed by atoms with Gasteiger partial charge in [-0.2, -0.15) is 5.26 Å². The molecule has 0 atom stereocenters. The van der Waals surface area contributed by atoms with Crippen molar-refractivity contribution in [2.45, 2.75) is 0 Å². The quantitative estimate of drug-likeness (QED) is 0.447. The highest BCUT2D eigenvalue weighted by Gasteiger charge is 2.14. The highest BCUT2D eigenvalue weighted by atomic mass is 79.9. The lowest BCUT2D eigenvalue weighted by atomic mass is 10.1. The molecule has 28 heavy (non-hydrogen) atoms. The van der Waals surface area contributed by atoms with Crippen LogP contribution >= 0.6 is 27.3 Å². The third-order valence-corrected chi connectivity index (χ3v) is 5.40. The molecule has 1 aromatic heterocycles. The molecule has 1 heterocycles. The van der Waals surface area contributed by atoms with E-state index in [-0.39, 0.29) is 0 Å². The molecule has 0 aliphatic carbocycles. The third kappa shape index (κ3) is 4.19. The van der Waals surface area contributed by atoms with Crippen LogP contribution in [0.4, 0.5) is 0 Å². The normalized spacial score (nSPS) is 11.0. The van der Waals surface area contributed by atoms with E-state index in [1.54, 1.807) is 39.5 Å². The Morgan fingerprint density at radius 1 is 1.07 bits per heavy atom. The Morgan fingerprint density at radius 2 is 1.71 bits per heavy atom. The molecule has 0 aliphatic rings. The van der Waals surface area contributed by atoms with Gasteiger partial charge in [-0.15, -0.1) is 11.3 Å². The second-order valence-corrected chi connectivity index (χ2v) is 7.45. The number of halogens is 1. The Bertz CT molecular complexity index is 1030. The van der Waals surface area contributed by atoms with Gasteiger partial charge < -0.3 is 14.2 Å². The van der Waals surface area contributed by atoms with Gasteiger partial charge in [0.1, 0.15) is 11.1 Å². The summed E-state index contributed by atoms with van der Waals surface area (Å²) in [4.78, 5) is 4.62. The van der Waals surface area contributed by atoms with Crippen molar-refractivity contribution in [2.75, 3.05) is 21.3 Å². The SMILES string of the molecule is COc1cc(C=C(C#N)c2nc(-c3ccc(Br)cc3)cs2)cc(OC)c1OC. The highest BCUT2D eigenvalue weighted by molar-refractivity contribution is 9.10. The van der Waals surface area contributed by atoms with Gasteiger partial charge >= 0.3 is 0 Å². The number of hydrogen-bond acceptors (Lipinski definition) is 6. The molecule has 5 nitrogen and oxygen atoms in total. The van der Waals surface area contributed by atoms with Crippen molar-refractivity contribution in [2.24, 2.45) is 0 Å². The van der Waals surface area contributed by atoms with Gasteiger partial charge in [-0.3, -0.25) is 0 Å². The predicted octanol–water partition coefficient (Wildman–Crippen LogP) is 5.66. The minimum atomic E-state index is 0.461. The van der Waals surface area contributed by atoms with Crippen LogP contribution in [-0.2, 0) is 0 Å². The molecule has 0 saturated carbocycles. The Labute approximate surface area is 176 Å². The maximum Gasteiger partial charge on any atom is 0.203 e. The van der Waals surface area contributed by atoms with Crippen molar-refractivity contribution in [1.82, 2.24) is 4.98 Å². The van der Waals surface area contributed by atoms with Crippen LogP contribution in [-0.4, -0.2) is 26.3 Å². The predicted molar refractivity (Wildman–Crippen MR) is 115 cm³/mol. The van der Waals surface area contributed by atoms with Gasteiger partial charge in [0, 0.05) is 15.4 Å². The number of nitrogens with zero attached hydrogens (tertiary/aromatic N) is 2. The summed E-state index contributed by atoms with van der Waals surface area (Å²) >= 11 is 4.86. The van der Waals surface area contributed by atoms with E-state index in [0.717, 1.165) is 21.3 Å². The second-order valence-electron chi connectivity index (χ2n) is 5.67. The Morgan fingerprint density at radius 3 is 2.25 bits per heavy atom. The average Bonchev–Trinajstić information content (AvgIpc) is 3.21. The number of nitriles is 1. The summed E-state index contributed by atoms with van der Waals surface area (Å²) in [6.07, 6.45) is 1.76. The van der Waals surface area contributed by atoms with E-state index in [1.807, 2.05) is 29.6 Å². The molecule has 0 radical (unpaired) electrons. The van der Waals surface area contributed by atoms with Crippen LogP contribution in [0.3, 0.4) is 0 Å². The molecular formula is C21H17BrN2O3S. The summed E-state index contributed by atoms with van der Waals surface area (Å²) < 4.78 is 17.1. The smallest absolute Gasteiger partial charge is 0.203 e. The summed E-state index contributed by atoms with van der Waals surface area (Å²) in [6.45, 7) is 0. The van der Waals surface area contributed by atoms with E-state index in [9.17, 15) is 5.26 Å². The first-order valence-corrected chi connectivity index (χ1v) is 9.90. The molecule has 7 heteroatoms. The third-order valence-electron chi connectivity index (χ3n) is 3.99. The topological polar surface area (TPSA) is 64.4 Å². The number of aromatic nitrogens is 1. The zero-order valence-electron chi connectivity index (χ0n) is 15.5. The minimum absolute atomic E-state index is 0.461. The fourth-order valence-corrected chi connectivity index (χ4v) is 3.70. The summed E-state index contributed by atoms with van der Waals surface area (Å²) in [6, 6.07) is 13.7. The number of methoxy groups -OCH3 is 3. The Hall–Kier alpha value is -2.82. The van der Waals surface area contributed by atoms with Crippen LogP contribution < -0.4 is 14.2 Å². The molecule has 3 rings (SSSR count). The van der Waals surface area contributed by atoms with Gasteiger partial charge in [0.15, 0.2) is 11.5 Å². The first-order chi connectivity index (χ1) is 13.6. The van der Waals surface area contributed by atoms with Crippen molar-refractivity contribution >= 4 is 38.9 Å². The van der Waals surface area contributed by atoms with Crippen molar-refractivity contribution in [3.05, 3.63) is 56.8 Å². The Kier molecular flexibility index (Phi) is 6.34. The van der Waals surface area contributed by atoms with Crippen LogP contribution in [0.25, 0.3) is 22.9 Å². The monoisotopic (exact) mass is 456 g/mol. The number of ether oxygens (including phenoxy) is 3. The maximum atomic E-state index is 9.67. The first-order valence-electron chi connectivity index (χ1n) is 8.23. The lowest BCUT2D eigenvalue weighted by Crippen LogP contribution is -1.95. The van der Waals surface area contributed by atoms with Crippen molar-refractivity contribution in [1.29, 1.82) is 5.26 Å². The zero-order valence-corrected chi connectivity index (χ0v) is 17.9. The molecule has 142 valence electrons. The van der Waals surface area contributed by atoms with Gasteiger partial charge in [-0.05, 0) is 35.9 Å². The molecule has 0 spiro atoms. The number of rotatable bonds is 6. The number of thiazole rings is 1. The molecule has 0 amide bonds. The minimum Gasteiger partial charge on any atom is -0.493 e. The zero-order chi connectivity index (χ0) is 20.1. The molecule has 0 bridgehead atoms. The molecule has 3 aromatic rings. The van der Waals surface area contributed by atoms with E-state index >= 15 is 0 Å². The van der Waals surface area contributed by atoms with E-state index in [0.29, 0.717) is 27.8 Å². The van der Waals surface area contributed by atoms with Gasteiger partial charge in [0.2, 0.25) is 5.75 Å². The number of allylic oxidation sites excluding steroid dienone is 1. The van der Waals surface area contributed by atoms with Gasteiger partial charge in [-0.25, -0.2) is 4.98 Å². The largest absolute Gasteiger partial charge is 0.493 e. The maximum absolute atomic E-state index is 9.67. The summed E-state index contributed by atoms with van der Waals surface area (Å²) in [5.41, 5.74) is 3.04. The van der Waals surface area contributed by atoms with Crippen LogP contribution in [0, 0.1) is 11.3 Å². The average molecular weight is 457 g/mol. The molecule has 0 aliphatic heterocycles. The Balaban J connectivity index is 1.99. The standard InChI is InChI=1S/C21H17BrN2O3S/c1-25-18-9-13(10-19(26-2)20(18)27-3)8-15(11-23)21-24-17(12-28-21)14-4-6-16(22)7-5-14/h4-10,12H,1-3H3. The van der Waals surface area contributed by atoms with Crippen LogP contribution in [0.1, 0.15) is 10.6 Å². The molecular weight excluding hydrogens is 440 g/mol. The van der Waals surface area contributed by atoms with E-state index < -0.39 is 0 Å². The summed E-state index contributed by atoms with van der Waals surface area (Å²) in [5.74, 6) is 1.56. The first kappa shape index (κ1) is 19.9. The van der Waals surface area contributed by atoms with E-state index in [4.69, 9.17) is 14.2 Å². The van der Waals surface area contributed by atoms with Gasteiger partial charge in [0.05, 0.1) is 32.6 Å². The fourth-order valence-electron chi connectivity index (χ4n) is 2.64. The number of benzene rings is 2. The second kappa shape index (κ2) is 8.91. The van der Waals surface area contributed by atoms with Crippen molar-refractivity contribution in [3.8, 4) is 34.6 Å². The molecule has 0 fully saturated rings. The highest BCUT2D eigenvalue weighted by Crippen LogP contribution is 2.39. The van der Waals surface area contributed by atoms with Gasteiger partial charge in [-0.1, -0.05) is 28.1 Å². The van der Waals surface area contributed by atoms with Crippen LogP contribution in [0.2, 0.25) is 0 Å².